The fourth-order valence-corrected chi connectivity index (χ4v) is 5.12. The molecule has 0 radical (unpaired) electrons. The number of thiazole rings is 1. The molecule has 1 fully saturated rings. The van der Waals surface area contributed by atoms with Crippen LogP contribution in [0.5, 0.6) is 0 Å². The van der Waals surface area contributed by atoms with Crippen molar-refractivity contribution >= 4 is 55.2 Å². The standard InChI is InChI=1S/C21H21IN2O2S/c1-13-9-10-14(2)19-18(13)23-21(27-19)24(12-15-6-5-11-26-15)20(25)16-7-3-4-8-17(16)22/h3-4,7-10,15H,5-6,11-12H2,1-2H3. The minimum Gasteiger partial charge on any atom is -0.376 e. The summed E-state index contributed by atoms with van der Waals surface area (Å²) in [6.07, 6.45) is 2.11. The Bertz CT molecular complexity index is 956. The van der Waals surface area contributed by atoms with Crippen molar-refractivity contribution in [3.63, 3.8) is 0 Å². The normalized spacial score (nSPS) is 16.8. The van der Waals surface area contributed by atoms with Crippen molar-refractivity contribution < 1.29 is 9.53 Å². The van der Waals surface area contributed by atoms with Gasteiger partial charge in [0.2, 0.25) is 0 Å². The molecule has 1 aromatic heterocycles. The molecular formula is C21H21IN2O2S. The first-order valence-electron chi connectivity index (χ1n) is 9.09. The van der Waals surface area contributed by atoms with E-state index in [1.807, 2.05) is 29.2 Å². The molecule has 1 aliphatic heterocycles. The smallest absolute Gasteiger partial charge is 0.261 e. The number of aromatic nitrogens is 1. The van der Waals surface area contributed by atoms with Crippen LogP contribution in [-0.2, 0) is 4.74 Å². The SMILES string of the molecule is Cc1ccc(C)c2sc(N(CC3CCCO3)C(=O)c3ccccc3I)nc12. The zero-order valence-electron chi connectivity index (χ0n) is 15.4. The van der Waals surface area contributed by atoms with E-state index in [1.165, 1.54) is 5.56 Å². The van der Waals surface area contributed by atoms with Gasteiger partial charge in [0.25, 0.3) is 5.91 Å². The lowest BCUT2D eigenvalue weighted by molar-refractivity contribution is 0.0916. The van der Waals surface area contributed by atoms with E-state index < -0.39 is 0 Å². The number of ether oxygens (including phenoxy) is 1. The average Bonchev–Trinajstić information content (AvgIpc) is 3.33. The van der Waals surface area contributed by atoms with E-state index in [9.17, 15) is 4.79 Å². The van der Waals surface area contributed by atoms with E-state index in [4.69, 9.17) is 9.72 Å². The van der Waals surface area contributed by atoms with Gasteiger partial charge in [-0.05, 0) is 72.5 Å². The molecule has 140 valence electrons. The van der Waals surface area contributed by atoms with Crippen molar-refractivity contribution in [1.29, 1.82) is 0 Å². The Balaban J connectivity index is 1.78. The Kier molecular flexibility index (Phi) is 5.48. The lowest BCUT2D eigenvalue weighted by Gasteiger charge is -2.23. The van der Waals surface area contributed by atoms with E-state index >= 15 is 0 Å². The highest BCUT2D eigenvalue weighted by molar-refractivity contribution is 14.1. The maximum Gasteiger partial charge on any atom is 0.261 e. The number of anilines is 1. The second kappa shape index (κ2) is 7.85. The van der Waals surface area contributed by atoms with Crippen molar-refractivity contribution in [3.05, 3.63) is 56.7 Å². The van der Waals surface area contributed by atoms with Crippen LogP contribution < -0.4 is 4.90 Å². The lowest BCUT2D eigenvalue weighted by Crippen LogP contribution is -2.37. The van der Waals surface area contributed by atoms with Crippen LogP contribution in [0.25, 0.3) is 10.2 Å². The van der Waals surface area contributed by atoms with Gasteiger partial charge in [-0.1, -0.05) is 35.6 Å². The molecule has 1 amide bonds. The summed E-state index contributed by atoms with van der Waals surface area (Å²) in [5, 5.41) is 0.752. The average molecular weight is 492 g/mol. The topological polar surface area (TPSA) is 42.4 Å². The van der Waals surface area contributed by atoms with E-state index in [-0.39, 0.29) is 12.0 Å². The number of fused-ring (bicyclic) bond motifs is 1. The van der Waals surface area contributed by atoms with Gasteiger partial charge in [0.15, 0.2) is 5.13 Å². The first kappa shape index (κ1) is 18.8. The first-order chi connectivity index (χ1) is 13.0. The number of hydrogen-bond donors (Lipinski definition) is 0. The second-order valence-corrected chi connectivity index (χ2v) is 9.04. The van der Waals surface area contributed by atoms with Crippen LogP contribution in [0.2, 0.25) is 0 Å². The quantitative estimate of drug-likeness (QED) is 0.462. The van der Waals surface area contributed by atoms with Crippen LogP contribution in [0.15, 0.2) is 36.4 Å². The third-order valence-electron chi connectivity index (χ3n) is 4.92. The number of nitrogens with zero attached hydrogens (tertiary/aromatic N) is 2. The second-order valence-electron chi connectivity index (χ2n) is 6.90. The minimum absolute atomic E-state index is 0.00939. The van der Waals surface area contributed by atoms with Crippen molar-refractivity contribution in [2.45, 2.75) is 32.8 Å². The monoisotopic (exact) mass is 492 g/mol. The van der Waals surface area contributed by atoms with Gasteiger partial charge in [-0.3, -0.25) is 9.69 Å². The molecule has 1 saturated heterocycles. The number of amides is 1. The highest BCUT2D eigenvalue weighted by Gasteiger charge is 2.28. The number of carbonyl (C=O) groups excluding carboxylic acids is 1. The summed E-state index contributed by atoms with van der Waals surface area (Å²) in [7, 11) is 0. The van der Waals surface area contributed by atoms with Crippen LogP contribution in [-0.4, -0.2) is 30.1 Å². The Hall–Kier alpha value is -1.51. The zero-order valence-corrected chi connectivity index (χ0v) is 18.3. The van der Waals surface area contributed by atoms with Crippen molar-refractivity contribution in [2.24, 2.45) is 0 Å². The molecule has 3 aromatic rings. The Morgan fingerprint density at radius 1 is 1.26 bits per heavy atom. The lowest BCUT2D eigenvalue weighted by atomic mass is 10.1. The van der Waals surface area contributed by atoms with Gasteiger partial charge in [-0.2, -0.15) is 0 Å². The largest absolute Gasteiger partial charge is 0.376 e. The molecule has 2 heterocycles. The van der Waals surface area contributed by atoms with Gasteiger partial charge >= 0.3 is 0 Å². The number of halogens is 1. The Labute approximate surface area is 176 Å². The molecular weight excluding hydrogens is 471 g/mol. The molecule has 4 rings (SSSR count). The molecule has 1 unspecified atom stereocenters. The molecule has 0 N–H and O–H groups in total. The van der Waals surface area contributed by atoms with Crippen molar-refractivity contribution in [3.8, 4) is 0 Å². The fraction of sp³-hybridized carbons (Fsp3) is 0.333. The predicted octanol–water partition coefficient (Wildman–Crippen LogP) is 5.34. The van der Waals surface area contributed by atoms with E-state index in [2.05, 4.69) is 48.6 Å². The van der Waals surface area contributed by atoms with Gasteiger partial charge in [0.1, 0.15) is 0 Å². The van der Waals surface area contributed by atoms with Crippen LogP contribution in [0.4, 0.5) is 5.13 Å². The third-order valence-corrected chi connectivity index (χ3v) is 7.08. The number of hydrogen-bond acceptors (Lipinski definition) is 4. The molecule has 4 nitrogen and oxygen atoms in total. The van der Waals surface area contributed by atoms with Crippen LogP contribution in [0.1, 0.15) is 34.3 Å². The molecule has 1 aliphatic rings. The van der Waals surface area contributed by atoms with Gasteiger partial charge < -0.3 is 4.74 Å². The maximum atomic E-state index is 13.4. The zero-order chi connectivity index (χ0) is 19.0. The maximum absolute atomic E-state index is 13.4. The van der Waals surface area contributed by atoms with Gasteiger partial charge in [0.05, 0.1) is 28.4 Å². The first-order valence-corrected chi connectivity index (χ1v) is 11.0. The van der Waals surface area contributed by atoms with Gasteiger partial charge in [0, 0.05) is 10.2 Å². The minimum atomic E-state index is -0.00939. The van der Waals surface area contributed by atoms with Crippen LogP contribution in [0.3, 0.4) is 0 Å². The summed E-state index contributed by atoms with van der Waals surface area (Å²) >= 11 is 3.82. The molecule has 6 heteroatoms. The summed E-state index contributed by atoms with van der Waals surface area (Å²) in [5.74, 6) is -0.00939. The number of aryl methyl sites for hydroxylation is 2. The molecule has 27 heavy (non-hydrogen) atoms. The summed E-state index contributed by atoms with van der Waals surface area (Å²) < 4.78 is 7.92. The molecule has 1 atom stereocenters. The van der Waals surface area contributed by atoms with Crippen LogP contribution in [0, 0.1) is 17.4 Å². The van der Waals surface area contributed by atoms with E-state index in [1.54, 1.807) is 11.3 Å². The predicted molar refractivity (Wildman–Crippen MR) is 119 cm³/mol. The number of carbonyl (C=O) groups is 1. The van der Waals surface area contributed by atoms with E-state index in [0.717, 1.165) is 43.9 Å². The number of benzene rings is 2. The molecule has 0 spiro atoms. The van der Waals surface area contributed by atoms with Crippen molar-refractivity contribution in [1.82, 2.24) is 4.98 Å². The summed E-state index contributed by atoms with van der Waals surface area (Å²) in [6.45, 7) is 5.48. The van der Waals surface area contributed by atoms with Crippen molar-refractivity contribution in [2.75, 3.05) is 18.1 Å². The highest BCUT2D eigenvalue weighted by Crippen LogP contribution is 2.34. The highest BCUT2D eigenvalue weighted by atomic mass is 127. The van der Waals surface area contributed by atoms with E-state index in [0.29, 0.717) is 12.1 Å². The van der Waals surface area contributed by atoms with Gasteiger partial charge in [-0.25, -0.2) is 4.98 Å². The summed E-state index contributed by atoms with van der Waals surface area (Å²) in [5.41, 5.74) is 4.03. The molecule has 0 aliphatic carbocycles. The fourth-order valence-electron chi connectivity index (χ4n) is 3.38. The molecule has 0 saturated carbocycles. The number of rotatable bonds is 4. The summed E-state index contributed by atoms with van der Waals surface area (Å²) in [4.78, 5) is 20.1. The Morgan fingerprint density at radius 3 is 2.74 bits per heavy atom. The Morgan fingerprint density at radius 2 is 2.04 bits per heavy atom. The van der Waals surface area contributed by atoms with Crippen LogP contribution >= 0.6 is 33.9 Å². The summed E-state index contributed by atoms with van der Waals surface area (Å²) in [6, 6.07) is 11.9. The molecule has 0 bridgehead atoms. The third kappa shape index (κ3) is 3.75. The molecule has 2 aromatic carbocycles. The van der Waals surface area contributed by atoms with Gasteiger partial charge in [-0.15, -0.1) is 0 Å².